The fraction of sp³-hybridized carbons (Fsp3) is 0.263. The van der Waals surface area contributed by atoms with Gasteiger partial charge >= 0.3 is 0 Å². The van der Waals surface area contributed by atoms with Gasteiger partial charge in [0.2, 0.25) is 5.28 Å². The topological polar surface area (TPSA) is 59.9 Å². The molecule has 4 rings (SSSR count). The minimum absolute atomic E-state index is 0.108. The first-order valence-electron chi connectivity index (χ1n) is 8.22. The van der Waals surface area contributed by atoms with Gasteiger partial charge in [-0.3, -0.25) is 0 Å². The van der Waals surface area contributed by atoms with Crippen molar-refractivity contribution in [2.75, 3.05) is 0 Å². The molecule has 0 atom stereocenters. The Hall–Kier alpha value is -1.98. The van der Waals surface area contributed by atoms with E-state index in [2.05, 4.69) is 9.97 Å². The Balaban J connectivity index is 1.64. The van der Waals surface area contributed by atoms with E-state index in [-0.39, 0.29) is 16.3 Å². The lowest BCUT2D eigenvalue weighted by Crippen LogP contribution is -2.10. The van der Waals surface area contributed by atoms with E-state index >= 15 is 0 Å². The van der Waals surface area contributed by atoms with E-state index < -0.39 is 9.84 Å². The third kappa shape index (κ3) is 3.67. The van der Waals surface area contributed by atoms with Crippen molar-refractivity contribution in [1.82, 2.24) is 9.97 Å². The Morgan fingerprint density at radius 2 is 1.76 bits per heavy atom. The van der Waals surface area contributed by atoms with Gasteiger partial charge in [-0.15, -0.1) is 0 Å². The van der Waals surface area contributed by atoms with Gasteiger partial charge in [-0.25, -0.2) is 18.4 Å². The van der Waals surface area contributed by atoms with Crippen LogP contribution in [0.3, 0.4) is 0 Å². The maximum atomic E-state index is 12.2. The standard InChI is InChI=1S/C19H17ClN2O2S/c20-19-21-17-7-2-1-6-16(17)18(22-19)11-13-4-3-5-14(10-13)12-25(23,24)15-8-9-15/h1-7,10,15H,8-9,11-12H2. The minimum atomic E-state index is -3.02. The molecule has 0 saturated heterocycles. The lowest BCUT2D eigenvalue weighted by molar-refractivity contribution is 0.594. The number of aromatic nitrogens is 2. The molecule has 0 radical (unpaired) electrons. The summed E-state index contributed by atoms with van der Waals surface area (Å²) in [6.07, 6.45) is 2.18. The normalized spacial score (nSPS) is 14.8. The van der Waals surface area contributed by atoms with E-state index in [9.17, 15) is 8.42 Å². The molecule has 0 bridgehead atoms. The van der Waals surface area contributed by atoms with E-state index in [1.54, 1.807) is 0 Å². The maximum Gasteiger partial charge on any atom is 0.223 e. The molecular weight excluding hydrogens is 356 g/mol. The molecule has 1 fully saturated rings. The summed E-state index contributed by atoms with van der Waals surface area (Å²) in [5.41, 5.74) is 3.50. The first kappa shape index (κ1) is 16.5. The van der Waals surface area contributed by atoms with Crippen molar-refractivity contribution in [3.63, 3.8) is 0 Å². The van der Waals surface area contributed by atoms with Gasteiger partial charge in [0.1, 0.15) is 0 Å². The largest absolute Gasteiger partial charge is 0.228 e. The zero-order chi connectivity index (χ0) is 17.4. The fourth-order valence-corrected chi connectivity index (χ4v) is 4.97. The Bertz CT molecular complexity index is 1050. The number of rotatable bonds is 5. The number of hydrogen-bond acceptors (Lipinski definition) is 4. The number of sulfone groups is 1. The van der Waals surface area contributed by atoms with Crippen LogP contribution in [0.15, 0.2) is 48.5 Å². The number of fused-ring (bicyclic) bond motifs is 1. The summed E-state index contributed by atoms with van der Waals surface area (Å²) in [6, 6.07) is 15.4. The van der Waals surface area contributed by atoms with E-state index in [0.717, 1.165) is 40.6 Å². The van der Waals surface area contributed by atoms with Crippen LogP contribution in [-0.2, 0) is 22.0 Å². The molecule has 0 aliphatic heterocycles. The Morgan fingerprint density at radius 1 is 1.00 bits per heavy atom. The third-order valence-corrected chi connectivity index (χ3v) is 6.81. The van der Waals surface area contributed by atoms with E-state index in [0.29, 0.717) is 6.42 Å². The molecule has 2 aromatic carbocycles. The van der Waals surface area contributed by atoms with Gasteiger partial charge in [-0.2, -0.15) is 0 Å². The van der Waals surface area contributed by atoms with E-state index in [1.165, 1.54) is 0 Å². The number of nitrogens with zero attached hydrogens (tertiary/aromatic N) is 2. The van der Waals surface area contributed by atoms with E-state index in [1.807, 2.05) is 48.5 Å². The average Bonchev–Trinajstić information content (AvgIpc) is 3.40. The van der Waals surface area contributed by atoms with Crippen LogP contribution in [0.1, 0.15) is 29.7 Å². The van der Waals surface area contributed by atoms with Crippen molar-refractivity contribution in [2.45, 2.75) is 30.3 Å². The first-order valence-corrected chi connectivity index (χ1v) is 10.3. The molecule has 1 aromatic heterocycles. The zero-order valence-corrected chi connectivity index (χ0v) is 15.1. The molecular formula is C19H17ClN2O2S. The lowest BCUT2D eigenvalue weighted by Gasteiger charge is -2.08. The molecule has 0 unspecified atom stereocenters. The van der Waals surface area contributed by atoms with Gasteiger partial charge in [0.15, 0.2) is 9.84 Å². The summed E-state index contributed by atoms with van der Waals surface area (Å²) in [4.78, 5) is 8.62. The Labute approximate surface area is 151 Å². The van der Waals surface area contributed by atoms with E-state index in [4.69, 9.17) is 11.6 Å². The summed E-state index contributed by atoms with van der Waals surface area (Å²) in [5.74, 6) is 0.108. The second-order valence-corrected chi connectivity index (χ2v) is 9.08. The van der Waals surface area contributed by atoms with Crippen LogP contribution in [0, 0.1) is 0 Å². The molecule has 0 spiro atoms. The van der Waals surface area contributed by atoms with Gasteiger partial charge in [0.25, 0.3) is 0 Å². The number of para-hydroxylation sites is 1. The SMILES string of the molecule is O=S(=O)(Cc1cccc(Cc2nc(Cl)nc3ccccc23)c1)C1CC1. The molecule has 1 aliphatic carbocycles. The predicted octanol–water partition coefficient (Wildman–Crippen LogP) is 3.95. The smallest absolute Gasteiger partial charge is 0.223 e. The molecule has 0 amide bonds. The average molecular weight is 373 g/mol. The van der Waals surface area contributed by atoms with Crippen molar-refractivity contribution >= 4 is 32.3 Å². The van der Waals surface area contributed by atoms with Crippen molar-refractivity contribution in [3.8, 4) is 0 Å². The summed E-state index contributed by atoms with van der Waals surface area (Å²) < 4.78 is 24.4. The van der Waals surface area contributed by atoms with Gasteiger partial charge in [-0.05, 0) is 41.6 Å². The van der Waals surface area contributed by atoms with Crippen LogP contribution in [0.4, 0.5) is 0 Å². The van der Waals surface area contributed by atoms with Crippen molar-refractivity contribution in [3.05, 3.63) is 70.6 Å². The van der Waals surface area contributed by atoms with Crippen molar-refractivity contribution in [1.29, 1.82) is 0 Å². The van der Waals surface area contributed by atoms with Crippen LogP contribution in [0.25, 0.3) is 10.9 Å². The van der Waals surface area contributed by atoms with Gasteiger partial charge in [0.05, 0.1) is 22.2 Å². The van der Waals surface area contributed by atoms with Gasteiger partial charge in [-0.1, -0.05) is 42.5 Å². The molecule has 3 aromatic rings. The molecule has 1 heterocycles. The fourth-order valence-electron chi connectivity index (χ4n) is 3.05. The molecule has 128 valence electrons. The van der Waals surface area contributed by atoms with Crippen LogP contribution in [-0.4, -0.2) is 23.6 Å². The van der Waals surface area contributed by atoms with Gasteiger partial charge in [0, 0.05) is 11.8 Å². The first-order chi connectivity index (χ1) is 12.0. The molecule has 4 nitrogen and oxygen atoms in total. The van der Waals surface area contributed by atoms with Crippen LogP contribution >= 0.6 is 11.6 Å². The number of benzene rings is 2. The zero-order valence-electron chi connectivity index (χ0n) is 13.5. The Morgan fingerprint density at radius 3 is 2.56 bits per heavy atom. The van der Waals surface area contributed by atoms with Gasteiger partial charge < -0.3 is 0 Å². The molecule has 1 saturated carbocycles. The summed E-state index contributed by atoms with van der Waals surface area (Å²) in [5, 5.41) is 1.05. The summed E-state index contributed by atoms with van der Waals surface area (Å²) >= 11 is 6.05. The lowest BCUT2D eigenvalue weighted by atomic mass is 10.0. The highest BCUT2D eigenvalue weighted by molar-refractivity contribution is 7.91. The molecule has 0 N–H and O–H groups in total. The minimum Gasteiger partial charge on any atom is -0.228 e. The number of halogens is 1. The number of hydrogen-bond donors (Lipinski definition) is 0. The predicted molar refractivity (Wildman–Crippen MR) is 99.4 cm³/mol. The monoisotopic (exact) mass is 372 g/mol. The summed E-state index contributed by atoms with van der Waals surface area (Å²) in [7, 11) is -3.02. The second kappa shape index (κ2) is 6.39. The molecule has 25 heavy (non-hydrogen) atoms. The highest BCUT2D eigenvalue weighted by Gasteiger charge is 2.35. The quantitative estimate of drug-likeness (QED) is 0.636. The van der Waals surface area contributed by atoms with Crippen LogP contribution in [0.5, 0.6) is 0 Å². The molecule has 6 heteroatoms. The van der Waals surface area contributed by atoms with Crippen molar-refractivity contribution in [2.24, 2.45) is 0 Å². The molecule has 1 aliphatic rings. The highest BCUT2D eigenvalue weighted by Crippen LogP contribution is 2.31. The summed E-state index contributed by atoms with van der Waals surface area (Å²) in [6.45, 7) is 0. The third-order valence-electron chi connectivity index (χ3n) is 4.42. The maximum absolute atomic E-state index is 12.2. The van der Waals surface area contributed by atoms with Crippen LogP contribution in [0.2, 0.25) is 5.28 Å². The second-order valence-electron chi connectivity index (χ2n) is 6.46. The van der Waals surface area contributed by atoms with Crippen LogP contribution < -0.4 is 0 Å². The highest BCUT2D eigenvalue weighted by atomic mass is 35.5. The van der Waals surface area contributed by atoms with Crippen molar-refractivity contribution < 1.29 is 8.42 Å². The Kier molecular flexibility index (Phi) is 4.21.